The fourth-order valence-corrected chi connectivity index (χ4v) is 2.95. The molecule has 2 aromatic carbocycles. The molecule has 24 heavy (non-hydrogen) atoms. The van der Waals surface area contributed by atoms with Crippen LogP contribution in [0, 0.1) is 13.8 Å². The van der Waals surface area contributed by atoms with E-state index in [9.17, 15) is 5.11 Å². The van der Waals surface area contributed by atoms with Gasteiger partial charge in [0.2, 0.25) is 5.88 Å². The van der Waals surface area contributed by atoms with Crippen LogP contribution in [0.5, 0.6) is 5.88 Å². The van der Waals surface area contributed by atoms with Crippen molar-refractivity contribution >= 4 is 0 Å². The largest absolute Gasteiger partial charge is 0.492 e. The zero-order valence-electron chi connectivity index (χ0n) is 15.0. The average molecular weight is 320 g/mol. The minimum absolute atomic E-state index is 0.0960. The van der Waals surface area contributed by atoms with Gasteiger partial charge in [-0.25, -0.2) is 4.68 Å². The molecule has 0 amide bonds. The molecule has 0 saturated carbocycles. The second-order valence-corrected chi connectivity index (χ2v) is 7.41. The molecule has 3 aromatic rings. The van der Waals surface area contributed by atoms with Gasteiger partial charge < -0.3 is 5.11 Å². The second-order valence-electron chi connectivity index (χ2n) is 7.41. The maximum absolute atomic E-state index is 10.5. The molecule has 3 nitrogen and oxygen atoms in total. The number of hydrogen-bond acceptors (Lipinski definition) is 2. The van der Waals surface area contributed by atoms with Gasteiger partial charge in [0.1, 0.15) is 0 Å². The van der Waals surface area contributed by atoms with Gasteiger partial charge in [0, 0.05) is 11.1 Å². The molecule has 3 rings (SSSR count). The highest BCUT2D eigenvalue weighted by molar-refractivity contribution is 5.70. The maximum atomic E-state index is 10.5. The van der Waals surface area contributed by atoms with E-state index < -0.39 is 0 Å². The summed E-state index contributed by atoms with van der Waals surface area (Å²) in [4.78, 5) is 0. The molecule has 0 unspecified atom stereocenters. The first kappa shape index (κ1) is 16.3. The van der Waals surface area contributed by atoms with Crippen molar-refractivity contribution in [3.8, 4) is 22.8 Å². The summed E-state index contributed by atoms with van der Waals surface area (Å²) in [6.45, 7) is 10.4. The number of hydrogen-bond donors (Lipinski definition) is 1. The molecule has 0 aliphatic heterocycles. The summed E-state index contributed by atoms with van der Waals surface area (Å²) in [5.74, 6) is 0.0960. The van der Waals surface area contributed by atoms with Crippen LogP contribution in [0.15, 0.2) is 48.5 Å². The van der Waals surface area contributed by atoms with E-state index in [-0.39, 0.29) is 11.3 Å². The highest BCUT2D eigenvalue weighted by Gasteiger charge is 2.29. The Kier molecular flexibility index (Phi) is 3.96. The second kappa shape index (κ2) is 5.82. The summed E-state index contributed by atoms with van der Waals surface area (Å²) >= 11 is 0. The van der Waals surface area contributed by atoms with Gasteiger partial charge in [0.15, 0.2) is 0 Å². The summed E-state index contributed by atoms with van der Waals surface area (Å²) in [6, 6.07) is 16.5. The summed E-state index contributed by atoms with van der Waals surface area (Å²) < 4.78 is 1.85. The van der Waals surface area contributed by atoms with E-state index in [0.717, 1.165) is 22.5 Å². The minimum Gasteiger partial charge on any atom is -0.492 e. The van der Waals surface area contributed by atoms with Crippen molar-refractivity contribution in [3.63, 3.8) is 0 Å². The van der Waals surface area contributed by atoms with Gasteiger partial charge in [-0.15, -0.1) is 5.10 Å². The van der Waals surface area contributed by atoms with Gasteiger partial charge >= 0.3 is 0 Å². The van der Waals surface area contributed by atoms with Gasteiger partial charge in [0.25, 0.3) is 0 Å². The van der Waals surface area contributed by atoms with Gasteiger partial charge in [0.05, 0.1) is 11.4 Å². The fraction of sp³-hybridized carbons (Fsp3) is 0.286. The Morgan fingerprint density at radius 1 is 0.833 bits per heavy atom. The summed E-state index contributed by atoms with van der Waals surface area (Å²) in [6.07, 6.45) is 0. The SMILES string of the molecule is Cc1ccc(-c2c(C(C)(C)C)c(O)nn2-c2ccc(C)cc2)cc1. The van der Waals surface area contributed by atoms with E-state index in [4.69, 9.17) is 0 Å². The van der Waals surface area contributed by atoms with Crippen molar-refractivity contribution < 1.29 is 5.11 Å². The van der Waals surface area contributed by atoms with Crippen LogP contribution in [-0.2, 0) is 5.41 Å². The third-order valence-electron chi connectivity index (χ3n) is 4.22. The lowest BCUT2D eigenvalue weighted by Gasteiger charge is -2.20. The Morgan fingerprint density at radius 2 is 1.33 bits per heavy atom. The highest BCUT2D eigenvalue weighted by Crippen LogP contribution is 2.40. The smallest absolute Gasteiger partial charge is 0.235 e. The normalized spacial score (nSPS) is 11.7. The van der Waals surface area contributed by atoms with Gasteiger partial charge in [-0.05, 0) is 31.4 Å². The summed E-state index contributed by atoms with van der Waals surface area (Å²) in [5, 5.41) is 15.0. The zero-order chi connectivity index (χ0) is 17.5. The predicted octanol–water partition coefficient (Wildman–Crippen LogP) is 5.16. The van der Waals surface area contributed by atoms with Crippen molar-refractivity contribution in [2.75, 3.05) is 0 Å². The Morgan fingerprint density at radius 3 is 1.83 bits per heavy atom. The first-order valence-electron chi connectivity index (χ1n) is 8.24. The minimum atomic E-state index is -0.215. The van der Waals surface area contributed by atoms with Crippen molar-refractivity contribution in [1.82, 2.24) is 9.78 Å². The first-order valence-corrected chi connectivity index (χ1v) is 8.24. The van der Waals surface area contributed by atoms with E-state index in [2.05, 4.69) is 76.1 Å². The van der Waals surface area contributed by atoms with E-state index >= 15 is 0 Å². The molecule has 0 fully saturated rings. The van der Waals surface area contributed by atoms with Gasteiger partial charge in [-0.3, -0.25) is 0 Å². The van der Waals surface area contributed by atoms with Crippen molar-refractivity contribution in [2.24, 2.45) is 0 Å². The number of aryl methyl sites for hydroxylation is 2. The number of rotatable bonds is 2. The number of nitrogens with zero attached hydrogens (tertiary/aromatic N) is 2. The van der Waals surface area contributed by atoms with Gasteiger partial charge in [-0.2, -0.15) is 0 Å². The number of aromatic nitrogens is 2. The number of aromatic hydroxyl groups is 1. The molecule has 0 aliphatic carbocycles. The highest BCUT2D eigenvalue weighted by atomic mass is 16.3. The first-order chi connectivity index (χ1) is 11.3. The van der Waals surface area contributed by atoms with Crippen LogP contribution in [0.2, 0.25) is 0 Å². The standard InChI is InChI=1S/C21H24N2O/c1-14-6-10-16(11-7-14)19-18(21(3,4)5)20(24)22-23(19)17-12-8-15(2)9-13-17/h6-13H,1-5H3,(H,22,24). The van der Waals surface area contributed by atoms with E-state index in [1.165, 1.54) is 11.1 Å². The molecule has 1 aromatic heterocycles. The molecule has 0 spiro atoms. The molecule has 0 radical (unpaired) electrons. The molecule has 0 atom stereocenters. The quantitative estimate of drug-likeness (QED) is 0.708. The third kappa shape index (κ3) is 2.94. The zero-order valence-corrected chi connectivity index (χ0v) is 15.0. The van der Waals surface area contributed by atoms with Crippen LogP contribution in [0.4, 0.5) is 0 Å². The van der Waals surface area contributed by atoms with E-state index in [0.29, 0.717) is 0 Å². The molecular weight excluding hydrogens is 296 g/mol. The molecule has 0 saturated heterocycles. The van der Waals surface area contributed by atoms with Crippen molar-refractivity contribution in [3.05, 3.63) is 65.2 Å². The summed E-state index contributed by atoms with van der Waals surface area (Å²) in [7, 11) is 0. The predicted molar refractivity (Wildman–Crippen MR) is 98.8 cm³/mol. The number of benzene rings is 2. The molecule has 1 N–H and O–H groups in total. The lowest BCUT2D eigenvalue weighted by atomic mass is 9.85. The van der Waals surface area contributed by atoms with Crippen molar-refractivity contribution in [1.29, 1.82) is 0 Å². The maximum Gasteiger partial charge on any atom is 0.235 e. The molecule has 0 bridgehead atoms. The van der Waals surface area contributed by atoms with Crippen LogP contribution in [0.3, 0.4) is 0 Å². The lowest BCUT2D eigenvalue weighted by Crippen LogP contribution is -2.12. The van der Waals surface area contributed by atoms with Gasteiger partial charge in [-0.1, -0.05) is 68.3 Å². The summed E-state index contributed by atoms with van der Waals surface area (Å²) in [5.41, 5.74) is 6.01. The Labute approximate surface area is 143 Å². The van der Waals surface area contributed by atoms with E-state index in [1.54, 1.807) is 0 Å². The van der Waals surface area contributed by atoms with Crippen LogP contribution < -0.4 is 0 Å². The monoisotopic (exact) mass is 320 g/mol. The molecule has 0 aliphatic rings. The Balaban J connectivity index is 2.30. The Bertz CT molecular complexity index is 851. The Hall–Kier alpha value is -2.55. The van der Waals surface area contributed by atoms with Crippen molar-refractivity contribution in [2.45, 2.75) is 40.0 Å². The fourth-order valence-electron chi connectivity index (χ4n) is 2.95. The molecular formula is C21H24N2O. The van der Waals surface area contributed by atoms with Crippen LogP contribution >= 0.6 is 0 Å². The van der Waals surface area contributed by atoms with Crippen LogP contribution in [0.25, 0.3) is 16.9 Å². The molecule has 1 heterocycles. The van der Waals surface area contributed by atoms with E-state index in [1.807, 2.05) is 16.8 Å². The average Bonchev–Trinajstić information content (AvgIpc) is 2.86. The molecule has 124 valence electrons. The lowest BCUT2D eigenvalue weighted by molar-refractivity contribution is 0.427. The third-order valence-corrected chi connectivity index (χ3v) is 4.22. The van der Waals surface area contributed by atoms with Crippen LogP contribution in [0.1, 0.15) is 37.5 Å². The topological polar surface area (TPSA) is 38.1 Å². The molecule has 3 heteroatoms. The van der Waals surface area contributed by atoms with Crippen LogP contribution in [-0.4, -0.2) is 14.9 Å².